The molecule has 2 heterocycles. The smallest absolute Gasteiger partial charge is 0.395 e. The van der Waals surface area contributed by atoms with Crippen LogP contribution in [0, 0.1) is 5.92 Å². The van der Waals surface area contributed by atoms with Crippen molar-refractivity contribution in [2.45, 2.75) is 51.6 Å². The highest BCUT2D eigenvalue weighted by atomic mass is 35.5. The zero-order chi connectivity index (χ0) is 49.3. The van der Waals surface area contributed by atoms with E-state index in [0.717, 1.165) is 65.6 Å². The maximum absolute atomic E-state index is 14.2. The van der Waals surface area contributed by atoms with Gasteiger partial charge in [-0.25, -0.2) is 21.6 Å². The van der Waals surface area contributed by atoms with Gasteiger partial charge in [-0.15, -0.1) is 11.8 Å². The van der Waals surface area contributed by atoms with Crippen LogP contribution in [0.4, 0.5) is 30.2 Å². The summed E-state index contributed by atoms with van der Waals surface area (Å²) >= 11 is 7.60. The molecule has 2 fully saturated rings. The fourth-order valence-electron chi connectivity index (χ4n) is 8.54. The summed E-state index contributed by atoms with van der Waals surface area (Å²) in [6.07, 6.45) is 0.745. The number of hydrogen-bond donors (Lipinski definition) is 5. The Morgan fingerprint density at radius 1 is 0.855 bits per heavy atom. The Bertz CT molecular complexity index is 2760. The van der Waals surface area contributed by atoms with E-state index in [2.05, 4.69) is 27.7 Å². The molecule has 0 bridgehead atoms. The van der Waals surface area contributed by atoms with E-state index in [4.69, 9.17) is 11.6 Å². The first-order valence-corrected chi connectivity index (χ1v) is 26.9. The number of aliphatic hydroxyl groups is 2. The molecule has 20 heteroatoms. The maximum atomic E-state index is 14.2. The Morgan fingerprint density at radius 3 is 2.22 bits per heavy atom. The van der Waals surface area contributed by atoms with E-state index >= 15 is 0 Å². The molecule has 5 N–H and O–H groups in total. The highest BCUT2D eigenvalue weighted by Gasteiger charge is 2.48. The average Bonchev–Trinajstić information content (AvgIpc) is 3.35. The molecule has 0 radical (unpaired) electrons. The van der Waals surface area contributed by atoms with Crippen molar-refractivity contribution in [1.82, 2.24) is 14.9 Å². The Hall–Kier alpha value is -4.86. The molecule has 69 heavy (non-hydrogen) atoms. The molecule has 2 saturated heterocycles. The molecule has 0 spiro atoms. The molecule has 1 amide bonds. The highest BCUT2D eigenvalue weighted by Crippen LogP contribution is 2.40. The number of nitrogens with zero attached hydrogens (tertiary/aromatic N) is 3. The van der Waals surface area contributed by atoms with Crippen molar-refractivity contribution in [2.75, 3.05) is 86.9 Å². The van der Waals surface area contributed by atoms with E-state index in [1.807, 2.05) is 75.2 Å². The van der Waals surface area contributed by atoms with Gasteiger partial charge in [-0.2, -0.15) is 13.2 Å². The van der Waals surface area contributed by atoms with Gasteiger partial charge in [0, 0.05) is 84.5 Å². The van der Waals surface area contributed by atoms with Crippen LogP contribution in [0.5, 0.6) is 0 Å². The summed E-state index contributed by atoms with van der Waals surface area (Å²) < 4.78 is 98.1. The molecular weight excluding hydrogens is 973 g/mol. The second-order valence-corrected chi connectivity index (χ2v) is 22.3. The quantitative estimate of drug-likeness (QED) is 0.0512. The number of sulfonamides is 1. The normalized spacial score (nSPS) is 16.1. The number of halogens is 4. The monoisotopic (exact) mass is 1030 g/mol. The number of benzene rings is 5. The van der Waals surface area contributed by atoms with E-state index in [1.165, 1.54) is 23.9 Å². The molecule has 7 rings (SSSR count). The molecule has 0 unspecified atom stereocenters. The van der Waals surface area contributed by atoms with E-state index in [0.29, 0.717) is 68.0 Å². The van der Waals surface area contributed by atoms with E-state index in [-0.39, 0.29) is 18.1 Å². The van der Waals surface area contributed by atoms with Gasteiger partial charge in [0.15, 0.2) is 0 Å². The van der Waals surface area contributed by atoms with Crippen molar-refractivity contribution in [3.63, 3.8) is 0 Å². The van der Waals surface area contributed by atoms with E-state index in [9.17, 15) is 45.0 Å². The molecule has 0 saturated carbocycles. The summed E-state index contributed by atoms with van der Waals surface area (Å²) in [6, 6.07) is 30.9. The zero-order valence-electron chi connectivity index (χ0n) is 37.9. The number of carbonyl (C=O) groups is 1. The summed E-state index contributed by atoms with van der Waals surface area (Å²) in [7, 11) is -9.27. The molecule has 2 aliphatic rings. The number of amides is 1. The number of rotatable bonds is 19. The number of nitrogens with one attached hydrogen (secondary N) is 3. The number of likely N-dealkylation sites (N-methyl/N-ethyl adjacent to an activating group) is 1. The number of sulfone groups is 1. The molecule has 0 aliphatic carbocycles. The topological polar surface area (TPSA) is 172 Å². The minimum atomic E-state index is -6.11. The van der Waals surface area contributed by atoms with Crippen molar-refractivity contribution in [3.8, 4) is 11.1 Å². The predicted octanol–water partition coefficient (Wildman–Crippen LogP) is 7.67. The Labute approximate surface area is 411 Å². The highest BCUT2D eigenvalue weighted by molar-refractivity contribution is 7.99. The average molecular weight is 1030 g/mol. The fraction of sp³-hybridized carbons (Fsp3) is 0.367. The third kappa shape index (κ3) is 13.1. The summed E-state index contributed by atoms with van der Waals surface area (Å²) in [5.74, 6) is -0.879. The van der Waals surface area contributed by atoms with Gasteiger partial charge in [-0.05, 0) is 128 Å². The van der Waals surface area contributed by atoms with Crippen LogP contribution in [0.3, 0.4) is 0 Å². The van der Waals surface area contributed by atoms with Crippen LogP contribution in [0.15, 0.2) is 130 Å². The lowest BCUT2D eigenvalue weighted by Crippen LogP contribution is -2.43. The van der Waals surface area contributed by atoms with Gasteiger partial charge in [0.1, 0.15) is 4.90 Å². The van der Waals surface area contributed by atoms with Crippen molar-refractivity contribution in [3.05, 3.63) is 131 Å². The third-order valence-electron chi connectivity index (χ3n) is 12.4. The first kappa shape index (κ1) is 52.0. The number of carbonyl (C=O) groups excluding carboxylic acids is 1. The predicted molar refractivity (Wildman–Crippen MR) is 266 cm³/mol. The Kier molecular flexibility index (Phi) is 17.3. The Balaban J connectivity index is 1.06. The summed E-state index contributed by atoms with van der Waals surface area (Å²) in [6.45, 7) is 5.06. The molecular formula is C49H56ClF3N6O7S3. The molecule has 370 valence electrons. The van der Waals surface area contributed by atoms with Gasteiger partial charge in [0.25, 0.3) is 25.8 Å². The minimum absolute atomic E-state index is 0.0538. The van der Waals surface area contributed by atoms with Crippen molar-refractivity contribution in [1.29, 1.82) is 0 Å². The lowest BCUT2D eigenvalue weighted by Gasteiger charge is -2.37. The van der Waals surface area contributed by atoms with Gasteiger partial charge >= 0.3 is 5.51 Å². The molecule has 5 aromatic carbocycles. The lowest BCUT2D eigenvalue weighted by atomic mass is 9.84. The zero-order valence-corrected chi connectivity index (χ0v) is 41.1. The standard InChI is InChI=1S/C49H56ClF3N6O7S3/c1-57(28-29-60)23-20-38(33-67-41-8-3-2-4-9-41)55-45-17-15-42(32-46(45)68(63,64)49(51,52)53)69(65,66)56-48(62)36-6-5-7-39(30-36)58-24-18-35(19-25-58)47(61)44-31-40(59-26-21-54-22-27-59)14-16-43(44)34-10-12-37(50)13-11-34/h2-17,30-32,35,38,47,54-55,60-61H,18-29,33H2,1H3,(H,56,62)/t38-,47+/m1/s1. The van der Waals surface area contributed by atoms with Crippen molar-refractivity contribution in [2.24, 2.45) is 5.92 Å². The molecule has 2 atom stereocenters. The summed E-state index contributed by atoms with van der Waals surface area (Å²) in [4.78, 5) is 18.4. The van der Waals surface area contributed by atoms with Gasteiger partial charge in [0.2, 0.25) is 0 Å². The Morgan fingerprint density at radius 2 is 1.54 bits per heavy atom. The largest absolute Gasteiger partial charge is 0.501 e. The van der Waals surface area contributed by atoms with Crippen LogP contribution < -0.4 is 25.2 Å². The third-order valence-corrected chi connectivity index (χ3v) is 16.7. The molecule has 2 aliphatic heterocycles. The van der Waals surface area contributed by atoms with Gasteiger partial charge in [0.05, 0.1) is 23.3 Å². The van der Waals surface area contributed by atoms with Crippen LogP contribution in [0.25, 0.3) is 11.1 Å². The number of piperazine rings is 1. The van der Waals surface area contributed by atoms with Crippen LogP contribution in [-0.2, 0) is 19.9 Å². The van der Waals surface area contributed by atoms with Crippen LogP contribution in [0.2, 0.25) is 5.02 Å². The number of hydrogen-bond acceptors (Lipinski definition) is 13. The van der Waals surface area contributed by atoms with Crippen LogP contribution in [0.1, 0.15) is 41.3 Å². The first-order valence-electron chi connectivity index (χ1n) is 22.6. The minimum Gasteiger partial charge on any atom is -0.395 e. The van der Waals surface area contributed by atoms with Crippen molar-refractivity contribution >= 4 is 66.2 Å². The first-order chi connectivity index (χ1) is 32.9. The number of aliphatic hydroxyl groups excluding tert-OH is 2. The van der Waals surface area contributed by atoms with E-state index < -0.39 is 58.9 Å². The van der Waals surface area contributed by atoms with Crippen LogP contribution in [-0.4, -0.2) is 121 Å². The molecule has 5 aromatic rings. The SMILES string of the molecule is CN(CCO)CC[C@H](CSc1ccccc1)Nc1ccc(S(=O)(=O)NC(=O)c2cccc(N3CCC([C@H](O)c4cc(N5CCNCC5)ccc4-c4ccc(Cl)cc4)CC3)c2)cc1S(=O)(=O)C(F)(F)F. The second-order valence-electron chi connectivity index (χ2n) is 17.2. The van der Waals surface area contributed by atoms with Gasteiger partial charge in [-0.3, -0.25) is 4.79 Å². The van der Waals surface area contributed by atoms with Crippen molar-refractivity contribution < 1.29 is 45.0 Å². The number of anilines is 3. The number of thioether (sulfide) groups is 1. The maximum Gasteiger partial charge on any atom is 0.501 e. The number of alkyl halides is 3. The lowest BCUT2D eigenvalue weighted by molar-refractivity contribution is -0.0435. The summed E-state index contributed by atoms with van der Waals surface area (Å²) in [5, 5.41) is 28.3. The second kappa shape index (κ2) is 22.9. The van der Waals surface area contributed by atoms with Gasteiger partial charge in [-0.1, -0.05) is 54.1 Å². The molecule has 0 aromatic heterocycles. The number of piperidine rings is 1. The fourth-order valence-corrected chi connectivity index (χ4v) is 11.7. The van der Waals surface area contributed by atoms with Gasteiger partial charge < -0.3 is 35.5 Å². The summed E-state index contributed by atoms with van der Waals surface area (Å²) in [5.41, 5.74) is -1.98. The molecule has 13 nitrogen and oxygen atoms in total. The van der Waals surface area contributed by atoms with Crippen LogP contribution >= 0.6 is 23.4 Å². The van der Waals surface area contributed by atoms with E-state index in [1.54, 1.807) is 19.2 Å².